The van der Waals surface area contributed by atoms with Gasteiger partial charge in [-0.15, -0.1) is 0 Å². The highest BCUT2D eigenvalue weighted by Crippen LogP contribution is 2.26. The van der Waals surface area contributed by atoms with Crippen molar-refractivity contribution in [2.45, 2.75) is 166 Å². The summed E-state index contributed by atoms with van der Waals surface area (Å²) in [6.45, 7) is 7.11. The molecule has 0 bridgehead atoms. The first kappa shape index (κ1) is 109. The molecule has 1 fully saturated rings. The second-order valence-electron chi connectivity index (χ2n) is 33.7. The number of aromatic amines is 2. The van der Waals surface area contributed by atoms with Crippen molar-refractivity contribution in [2.75, 3.05) is 121 Å². The molecule has 1 aliphatic heterocycles. The first-order chi connectivity index (χ1) is 65.1. The molecule has 7 amide bonds. The van der Waals surface area contributed by atoms with Crippen LogP contribution in [0.3, 0.4) is 0 Å². The molecule has 1 saturated heterocycles. The van der Waals surface area contributed by atoms with Crippen molar-refractivity contribution >= 4 is 123 Å². The van der Waals surface area contributed by atoms with Gasteiger partial charge < -0.3 is 108 Å². The summed E-state index contributed by atoms with van der Waals surface area (Å²) in [5.74, 6) is -12.2. The third kappa shape index (κ3) is 32.9. The summed E-state index contributed by atoms with van der Waals surface area (Å²) < 4.78 is 98.5. The lowest BCUT2D eigenvalue weighted by molar-refractivity contribution is -0.139. The number of nitrogens with zero attached hydrogens (tertiary/aromatic N) is 8. The molecule has 8 aromatic rings. The van der Waals surface area contributed by atoms with Crippen LogP contribution in [-0.2, 0) is 94.7 Å². The Bertz CT molecular complexity index is 6140. The van der Waals surface area contributed by atoms with Crippen LogP contribution in [0.4, 0.5) is 11.9 Å². The van der Waals surface area contributed by atoms with Gasteiger partial charge in [0.05, 0.1) is 40.0 Å². The number of ketones is 1. The van der Waals surface area contributed by atoms with Gasteiger partial charge in [0.2, 0.25) is 60.4 Å². The zero-order chi connectivity index (χ0) is 101. The number of hydrogen-bond acceptors (Lipinski definition) is 32. The van der Waals surface area contributed by atoms with E-state index in [2.05, 4.69) is 77.2 Å². The van der Waals surface area contributed by atoms with Crippen LogP contribution >= 0.6 is 0 Å². The van der Waals surface area contributed by atoms with Crippen molar-refractivity contribution in [3.8, 4) is 0 Å². The minimum absolute atomic E-state index is 0.0137. The van der Waals surface area contributed by atoms with Gasteiger partial charge in [-0.05, 0) is 125 Å². The number of carboxylic acid groups (broad SMARTS) is 2. The third-order valence-electron chi connectivity index (χ3n) is 22.4. The number of aliphatic hydroxyl groups is 6. The summed E-state index contributed by atoms with van der Waals surface area (Å²) in [6, 6.07) is 6.37. The quantitative estimate of drug-likeness (QED) is 0.00985. The summed E-state index contributed by atoms with van der Waals surface area (Å²) in [5, 5.41) is 104. The number of nitrogens with one attached hydrogen (secondary N) is 13. The number of aryl methyl sites for hydroxylation is 8. The molecule has 0 aliphatic carbocycles. The van der Waals surface area contributed by atoms with E-state index < -0.39 is 218 Å². The SMILES string of the molecule is CC(=O)C(CNC(=O)c1cn(CCCNC(=O)[C@H](CC(O)O)NC(=O)CC[C@H](NC(=O)CN2CCN(CC(=O)O)CCN(CC(O)O)CCN(CC(O)O)CC2)C(=O)N[C@@H](CS(=O)(=O)O)C(=O)NCCCn2cc(C(=O)NCC(NS(=O)(=O)c3c(C)cc(C)cc3C)C(=O)O)c(=O)c3ccc(CNc4ncc[nH]4)cc32)c2cc(CNc3ncc[nH]3)ccc2c1=O)NS(=O)(=O)c1c(C)cc(C)cc1C. The number of aliphatic carboxylic acids is 2. The second kappa shape index (κ2) is 50.2. The molecule has 4 aromatic carbocycles. The number of sulfonamides is 2. The van der Waals surface area contributed by atoms with E-state index in [1.54, 1.807) is 98.4 Å². The van der Waals surface area contributed by atoms with E-state index >= 15 is 0 Å². The maximum Gasteiger partial charge on any atom is 0.323 e. The molecule has 0 radical (unpaired) electrons. The van der Waals surface area contributed by atoms with Crippen LogP contribution in [0.5, 0.6) is 0 Å². The van der Waals surface area contributed by atoms with E-state index in [0.29, 0.717) is 50.8 Å². The number of benzene rings is 4. The molecule has 22 N–H and O–H groups in total. The van der Waals surface area contributed by atoms with E-state index in [1.165, 1.54) is 63.5 Å². The number of fused-ring (bicyclic) bond motifs is 2. The van der Waals surface area contributed by atoms with Gasteiger partial charge in [-0.1, -0.05) is 47.5 Å². The Morgan fingerprint density at radius 2 is 0.891 bits per heavy atom. The fraction of sp³-hybridized carbons (Fsp3) is 0.471. The molecular weight excluding hydrogens is 1870 g/mol. The van der Waals surface area contributed by atoms with E-state index in [9.17, 15) is 128 Å². The van der Waals surface area contributed by atoms with E-state index in [0.717, 1.165) is 24.2 Å². The zero-order valence-corrected chi connectivity index (χ0v) is 79.4. The van der Waals surface area contributed by atoms with Crippen molar-refractivity contribution in [3.63, 3.8) is 0 Å². The van der Waals surface area contributed by atoms with Gasteiger partial charge in [-0.25, -0.2) is 26.8 Å². The third-order valence-corrected chi connectivity index (χ3v) is 26.7. The zero-order valence-electron chi connectivity index (χ0n) is 76.9. The Hall–Kier alpha value is -12.5. The van der Waals surface area contributed by atoms with Gasteiger partial charge in [-0.3, -0.25) is 81.7 Å². The summed E-state index contributed by atoms with van der Waals surface area (Å²) >= 11 is 0. The van der Waals surface area contributed by atoms with Gasteiger partial charge >= 0.3 is 11.9 Å². The normalized spacial score (nSPS) is 14.7. The number of H-pyrrole nitrogens is 2. The van der Waals surface area contributed by atoms with Crippen LogP contribution in [-0.4, -0.2) is 338 Å². The maximum atomic E-state index is 14.9. The minimum atomic E-state index is -5.26. The Morgan fingerprint density at radius 1 is 0.478 bits per heavy atom. The first-order valence-electron chi connectivity index (χ1n) is 44.0. The number of rotatable bonds is 49. The van der Waals surface area contributed by atoms with Crippen LogP contribution in [0.2, 0.25) is 0 Å². The molecule has 51 heteroatoms. The Kier molecular flexibility index (Phi) is 39.7. The molecule has 0 saturated carbocycles. The van der Waals surface area contributed by atoms with Crippen molar-refractivity contribution in [2.24, 2.45) is 0 Å². The van der Waals surface area contributed by atoms with Crippen LogP contribution in [0.15, 0.2) is 117 Å². The van der Waals surface area contributed by atoms with E-state index in [4.69, 9.17) is 0 Å². The maximum absolute atomic E-state index is 14.9. The summed E-state index contributed by atoms with van der Waals surface area (Å²) in [4.78, 5) is 187. The number of carbonyl (C=O) groups is 10. The van der Waals surface area contributed by atoms with Gasteiger partial charge in [0.15, 0.2) is 30.8 Å². The first-order valence-corrected chi connectivity index (χ1v) is 48.6. The average molecular weight is 1990 g/mol. The van der Waals surface area contributed by atoms with Crippen LogP contribution < -0.4 is 68.2 Å². The average Bonchev–Trinajstić information content (AvgIpc) is 0.868. The molecular formula is C87H119N21O27S3. The van der Waals surface area contributed by atoms with Crippen molar-refractivity contribution in [1.29, 1.82) is 0 Å². The highest BCUT2D eigenvalue weighted by atomic mass is 32.2. The van der Waals surface area contributed by atoms with Crippen molar-refractivity contribution in [3.05, 3.63) is 174 Å². The number of aliphatic hydroxyl groups excluding tert-OH is 3. The largest absolute Gasteiger partial charge is 0.480 e. The predicted octanol–water partition coefficient (Wildman–Crippen LogP) is -3.87. The fourth-order valence-corrected chi connectivity index (χ4v) is 20.0. The summed E-state index contributed by atoms with van der Waals surface area (Å²) in [6.07, 6.45) is -0.0709. The Labute approximate surface area is 793 Å². The van der Waals surface area contributed by atoms with Crippen molar-refractivity contribution in [1.82, 2.24) is 95.3 Å². The molecule has 0 spiro atoms. The monoisotopic (exact) mass is 1990 g/mol. The van der Waals surface area contributed by atoms with Gasteiger partial charge in [0, 0.05) is 179 Å². The van der Waals surface area contributed by atoms with Crippen LogP contribution in [0.25, 0.3) is 21.8 Å². The lowest BCUT2D eigenvalue weighted by atomic mass is 10.1. The topological polar surface area (TPSA) is 702 Å². The fourth-order valence-electron chi connectivity index (χ4n) is 16.0. The highest BCUT2D eigenvalue weighted by molar-refractivity contribution is 7.90. The number of imidazole rings is 2. The van der Waals surface area contributed by atoms with Crippen LogP contribution in [0, 0.1) is 41.5 Å². The molecule has 5 atom stereocenters. The summed E-state index contributed by atoms with van der Waals surface area (Å²) in [7, 11) is -14.1. The molecule has 5 heterocycles. The number of hydrogen-bond donors (Lipinski definition) is 22. The molecule has 2 unspecified atom stereocenters. The number of pyridine rings is 2. The predicted molar refractivity (Wildman–Crippen MR) is 500 cm³/mol. The molecule has 1 aliphatic rings. The lowest BCUT2D eigenvalue weighted by Gasteiger charge is -2.34. The van der Waals surface area contributed by atoms with Gasteiger partial charge in [-0.2, -0.15) is 17.9 Å². The standard InChI is InChI=1S/C87H119N21O27S3/c1-50-32-52(3)78(53(4)33-50)137(132,133)101-65(56(7)109)41-94-80(122)61-43-107(68-36-57(10-12-59(68)76(61)120)39-96-86-90-18-19-91-86)22-8-16-88-82(124)64(38-72(112)113)99-70(110)15-14-63(98-71(111)45-103-24-26-104(46-73(114)115)28-30-106(48-75(118)119)31-29-105(27-25-103)47-74(116)117)84(126)100-67(49-136(129,130)131)83(125)89-17-9-23-108-44-62(77(121)60-13-11-58(37-69(60)108)40-97-87-92-20-21-93-87)81(123)95-42-66(85(127)128)102-138(134,135)79-54(5)34-51(2)35-55(79)6/h10-13,18-21,32-37,43-44,63-67,72-73,75,101-102,112-115,118-119H,8-9,14-17,22-31,38-42,45-49H2,1-7H3,(H,88,124)(H,89,125)(H,94,122)(H,95,123)(H,98,111)(H,99,110)(H,100,126)(H,116,117)(H,127,128)(H2,90,91,96)(H2,92,93,97)(H,129,130,131)/t63-,64-,65?,66?,67-/m0/s1. The summed E-state index contributed by atoms with van der Waals surface area (Å²) in [5.41, 5.74) is 2.09. The van der Waals surface area contributed by atoms with Gasteiger partial charge in [0.1, 0.15) is 46.8 Å². The molecule has 752 valence electrons. The number of carbonyl (C=O) groups excluding carboxylic acids is 8. The molecule has 9 rings (SSSR count). The number of carboxylic acids is 2. The van der Waals surface area contributed by atoms with Gasteiger partial charge in [0.25, 0.3) is 21.9 Å². The lowest BCUT2D eigenvalue weighted by Crippen LogP contribution is -2.57. The highest BCUT2D eigenvalue weighted by Gasteiger charge is 2.36. The van der Waals surface area contributed by atoms with Crippen molar-refractivity contribution < 1.29 is 119 Å². The number of β-amino-alcohol motifs (C(OH)–C–C–N with tert-alkyl or cyclic N) is 4. The molecule has 138 heavy (non-hydrogen) atoms. The molecule has 48 nitrogen and oxygen atoms in total. The number of anilines is 2. The Morgan fingerprint density at radius 3 is 1.29 bits per heavy atom. The number of aromatic nitrogens is 6. The second-order valence-corrected chi connectivity index (χ2v) is 38.5. The van der Waals surface area contributed by atoms with Crippen LogP contribution in [0.1, 0.15) is 104 Å². The minimum Gasteiger partial charge on any atom is -0.480 e. The smallest absolute Gasteiger partial charge is 0.323 e. The number of amides is 7. The molecule has 4 aromatic heterocycles. The Balaban J connectivity index is 0.941. The van der Waals surface area contributed by atoms with E-state index in [-0.39, 0.29) is 137 Å². The number of Topliss-reactive ketones (excluding diaryl/α,β-unsaturated/α-hetero) is 1. The van der Waals surface area contributed by atoms with E-state index in [1.807, 2.05) is 0 Å².